The number of halogens is 1. The van der Waals surface area contributed by atoms with E-state index in [4.69, 9.17) is 0 Å². The lowest BCUT2D eigenvalue weighted by Gasteiger charge is -2.35. The molecule has 1 aromatic heterocycles. The number of benzene rings is 2. The first-order valence-corrected chi connectivity index (χ1v) is 9.71. The quantitative estimate of drug-likeness (QED) is 0.717. The van der Waals surface area contributed by atoms with Gasteiger partial charge in [-0.2, -0.15) is 0 Å². The molecule has 3 aromatic rings. The highest BCUT2D eigenvalue weighted by Crippen LogP contribution is 2.36. The van der Waals surface area contributed by atoms with Crippen LogP contribution in [0.2, 0.25) is 0 Å². The predicted octanol–water partition coefficient (Wildman–Crippen LogP) is 4.59. The topological polar surface area (TPSA) is 45.2 Å². The highest BCUT2D eigenvalue weighted by molar-refractivity contribution is 5.78. The van der Waals surface area contributed by atoms with Crippen molar-refractivity contribution in [3.63, 3.8) is 0 Å². The van der Waals surface area contributed by atoms with Gasteiger partial charge in [0.25, 0.3) is 0 Å². The number of rotatable bonds is 3. The van der Waals surface area contributed by atoms with E-state index in [9.17, 15) is 9.18 Å². The molecule has 29 heavy (non-hydrogen) atoms. The van der Waals surface area contributed by atoms with E-state index < -0.39 is 0 Å². The summed E-state index contributed by atoms with van der Waals surface area (Å²) in [6.07, 6.45) is 5.90. The van der Waals surface area contributed by atoms with Gasteiger partial charge in [0.15, 0.2) is 0 Å². The Kier molecular flexibility index (Phi) is 4.35. The molecule has 2 aromatic carbocycles. The third-order valence-corrected chi connectivity index (χ3v) is 5.71. The number of fused-ring (bicyclic) bond motifs is 2. The first kappa shape index (κ1) is 17.6. The SMILES string of the molecule is O=C1NC[C@@H]2C(/C=C/c3ccc(-c4cccc(F)c4)cn3)c3ccccc3CN12. The Balaban J connectivity index is 1.42. The Morgan fingerprint density at radius 3 is 2.79 bits per heavy atom. The van der Waals surface area contributed by atoms with Crippen molar-refractivity contribution in [2.45, 2.75) is 18.5 Å². The number of amides is 2. The fourth-order valence-electron chi connectivity index (χ4n) is 4.24. The van der Waals surface area contributed by atoms with E-state index in [1.54, 1.807) is 12.3 Å². The average Bonchev–Trinajstić information content (AvgIpc) is 3.12. The maximum Gasteiger partial charge on any atom is 0.318 e. The number of hydrogen-bond donors (Lipinski definition) is 1. The van der Waals surface area contributed by atoms with Gasteiger partial charge in [-0.3, -0.25) is 4.98 Å². The minimum absolute atomic E-state index is 0.000439. The lowest BCUT2D eigenvalue weighted by molar-refractivity contribution is 0.191. The second kappa shape index (κ2) is 7.17. The molecule has 1 fully saturated rings. The second-order valence-electron chi connectivity index (χ2n) is 7.45. The summed E-state index contributed by atoms with van der Waals surface area (Å²) >= 11 is 0. The van der Waals surface area contributed by atoms with Gasteiger partial charge in [-0.1, -0.05) is 48.5 Å². The van der Waals surface area contributed by atoms with Crippen LogP contribution in [0.5, 0.6) is 0 Å². The molecule has 144 valence electrons. The highest BCUT2D eigenvalue weighted by atomic mass is 19.1. The van der Waals surface area contributed by atoms with Crippen molar-refractivity contribution in [1.29, 1.82) is 0 Å². The predicted molar refractivity (Wildman–Crippen MR) is 111 cm³/mol. The second-order valence-corrected chi connectivity index (χ2v) is 7.45. The van der Waals surface area contributed by atoms with Gasteiger partial charge in [0.2, 0.25) is 0 Å². The van der Waals surface area contributed by atoms with Crippen molar-refractivity contribution in [1.82, 2.24) is 15.2 Å². The molecule has 1 unspecified atom stereocenters. The van der Waals surface area contributed by atoms with E-state index in [0.717, 1.165) is 16.8 Å². The number of urea groups is 1. The van der Waals surface area contributed by atoms with Crippen molar-refractivity contribution in [3.8, 4) is 11.1 Å². The summed E-state index contributed by atoms with van der Waals surface area (Å²) in [7, 11) is 0. The van der Waals surface area contributed by atoms with E-state index in [0.29, 0.717) is 13.1 Å². The molecule has 2 aliphatic rings. The van der Waals surface area contributed by atoms with Gasteiger partial charge in [0.05, 0.1) is 11.7 Å². The van der Waals surface area contributed by atoms with Gasteiger partial charge in [0.1, 0.15) is 5.82 Å². The molecule has 2 atom stereocenters. The van der Waals surface area contributed by atoms with Gasteiger partial charge < -0.3 is 10.2 Å². The summed E-state index contributed by atoms with van der Waals surface area (Å²) in [5.74, 6) is -0.143. The van der Waals surface area contributed by atoms with Gasteiger partial charge in [0, 0.05) is 30.8 Å². The van der Waals surface area contributed by atoms with Crippen LogP contribution in [-0.2, 0) is 6.54 Å². The van der Waals surface area contributed by atoms with Crippen molar-refractivity contribution in [2.75, 3.05) is 6.54 Å². The number of carbonyl (C=O) groups excluding carboxylic acids is 1. The largest absolute Gasteiger partial charge is 0.336 e. The van der Waals surface area contributed by atoms with Crippen molar-refractivity contribution >= 4 is 12.1 Å². The number of nitrogens with one attached hydrogen (secondary N) is 1. The van der Waals surface area contributed by atoms with Crippen LogP contribution in [0.25, 0.3) is 17.2 Å². The molecule has 1 saturated heterocycles. The molecular formula is C24H20FN3O. The molecule has 4 nitrogen and oxygen atoms in total. The van der Waals surface area contributed by atoms with E-state index in [1.807, 2.05) is 41.3 Å². The molecule has 0 spiro atoms. The summed E-state index contributed by atoms with van der Waals surface area (Å²) in [5.41, 5.74) is 4.96. The highest BCUT2D eigenvalue weighted by Gasteiger charge is 2.40. The summed E-state index contributed by atoms with van der Waals surface area (Å²) in [6, 6.07) is 18.8. The molecule has 1 N–H and O–H groups in total. The Hall–Kier alpha value is -3.47. The summed E-state index contributed by atoms with van der Waals surface area (Å²) in [4.78, 5) is 18.6. The fraction of sp³-hybridized carbons (Fsp3) is 0.167. The third-order valence-electron chi connectivity index (χ3n) is 5.71. The van der Waals surface area contributed by atoms with Crippen LogP contribution >= 0.6 is 0 Å². The number of nitrogens with zero attached hydrogens (tertiary/aromatic N) is 2. The number of aromatic nitrogens is 1. The summed E-state index contributed by atoms with van der Waals surface area (Å²) in [5, 5.41) is 2.96. The monoisotopic (exact) mass is 385 g/mol. The summed E-state index contributed by atoms with van der Waals surface area (Å²) in [6.45, 7) is 1.30. The first-order valence-electron chi connectivity index (χ1n) is 9.71. The van der Waals surface area contributed by atoms with Gasteiger partial charge >= 0.3 is 6.03 Å². The minimum Gasteiger partial charge on any atom is -0.336 e. The lowest BCUT2D eigenvalue weighted by Crippen LogP contribution is -2.41. The van der Waals surface area contributed by atoms with E-state index >= 15 is 0 Å². The molecule has 2 aliphatic heterocycles. The minimum atomic E-state index is -0.258. The number of pyridine rings is 1. The Morgan fingerprint density at radius 1 is 1.07 bits per heavy atom. The van der Waals surface area contributed by atoms with Crippen molar-refractivity contribution in [2.24, 2.45) is 0 Å². The van der Waals surface area contributed by atoms with Crippen molar-refractivity contribution in [3.05, 3.63) is 95.6 Å². The molecule has 5 rings (SSSR count). The molecule has 3 heterocycles. The molecule has 0 radical (unpaired) electrons. The van der Waals surface area contributed by atoms with E-state index in [-0.39, 0.29) is 23.8 Å². The lowest BCUT2D eigenvalue weighted by atomic mass is 9.83. The van der Waals surface area contributed by atoms with Crippen LogP contribution < -0.4 is 5.32 Å². The maximum absolute atomic E-state index is 13.4. The smallest absolute Gasteiger partial charge is 0.318 e. The summed E-state index contributed by atoms with van der Waals surface area (Å²) < 4.78 is 13.4. The number of carbonyl (C=O) groups is 1. The standard InChI is InChI=1S/C24H20FN3O/c25-19-6-3-5-16(12-19)17-8-9-20(26-13-17)10-11-22-21-7-2-1-4-18(21)15-28-23(22)14-27-24(28)29/h1-13,22-23H,14-15H2,(H,27,29)/b11-10+/t22?,23-/m1/s1. The first-order chi connectivity index (χ1) is 14.2. The van der Waals surface area contributed by atoms with Crippen LogP contribution in [0.1, 0.15) is 22.7 Å². The van der Waals surface area contributed by atoms with Crippen LogP contribution in [0.15, 0.2) is 72.9 Å². The maximum atomic E-state index is 13.4. The van der Waals surface area contributed by atoms with Gasteiger partial charge in [-0.05, 0) is 41.0 Å². The Bertz CT molecular complexity index is 1090. The Morgan fingerprint density at radius 2 is 1.97 bits per heavy atom. The Labute approximate surface area is 168 Å². The van der Waals surface area contributed by atoms with Gasteiger partial charge in [-0.15, -0.1) is 0 Å². The molecular weight excluding hydrogens is 365 g/mol. The fourth-order valence-corrected chi connectivity index (χ4v) is 4.24. The zero-order valence-electron chi connectivity index (χ0n) is 15.8. The normalized spacial score (nSPS) is 20.4. The molecule has 2 amide bonds. The molecule has 0 saturated carbocycles. The average molecular weight is 385 g/mol. The van der Waals surface area contributed by atoms with Crippen molar-refractivity contribution < 1.29 is 9.18 Å². The zero-order chi connectivity index (χ0) is 19.8. The van der Waals surface area contributed by atoms with Crippen LogP contribution in [0.4, 0.5) is 9.18 Å². The third kappa shape index (κ3) is 3.29. The van der Waals surface area contributed by atoms with Gasteiger partial charge in [-0.25, -0.2) is 9.18 Å². The van der Waals surface area contributed by atoms with E-state index in [1.165, 1.54) is 23.3 Å². The van der Waals surface area contributed by atoms with E-state index in [2.05, 4.69) is 28.5 Å². The molecule has 0 aliphatic carbocycles. The molecule has 0 bridgehead atoms. The molecule has 5 heteroatoms. The number of hydrogen-bond acceptors (Lipinski definition) is 2. The van der Waals surface area contributed by atoms with Crippen LogP contribution in [0, 0.1) is 5.82 Å². The van der Waals surface area contributed by atoms with Crippen LogP contribution in [0.3, 0.4) is 0 Å². The van der Waals surface area contributed by atoms with Crippen LogP contribution in [-0.4, -0.2) is 28.5 Å². The zero-order valence-corrected chi connectivity index (χ0v) is 15.8.